The maximum absolute atomic E-state index is 11.4. The molecular formula is C13H16O2Rh2. The minimum Gasteiger partial charge on any atom is -0.481 e. The summed E-state index contributed by atoms with van der Waals surface area (Å²) < 4.78 is 0. The molecule has 1 unspecified atom stereocenters. The minimum absolute atomic E-state index is 0. The van der Waals surface area contributed by atoms with Crippen molar-refractivity contribution in [2.45, 2.75) is 32.6 Å². The predicted octanol–water partition coefficient (Wildman–Crippen LogP) is 2.74. The summed E-state index contributed by atoms with van der Waals surface area (Å²) in [5.74, 6) is -0.698. The van der Waals surface area contributed by atoms with E-state index in [0.29, 0.717) is 0 Å². The number of aryl methyl sites for hydroxylation is 1. The Morgan fingerprint density at radius 1 is 1.18 bits per heavy atom. The van der Waals surface area contributed by atoms with E-state index in [9.17, 15) is 9.90 Å². The van der Waals surface area contributed by atoms with Crippen molar-refractivity contribution < 1.29 is 48.9 Å². The first-order valence-corrected chi connectivity index (χ1v) is 5.21. The number of hydrogen-bond acceptors (Lipinski definition) is 1. The molecule has 4 heteroatoms. The molecule has 2 nitrogen and oxygen atoms in total. The molecular weight excluding hydrogens is 394 g/mol. The summed E-state index contributed by atoms with van der Waals surface area (Å²) in [6, 6.07) is 7.85. The predicted molar refractivity (Wildman–Crippen MR) is 58.9 cm³/mol. The number of carbonyl (C=O) groups is 1. The molecule has 1 aliphatic rings. The molecule has 1 aromatic rings. The van der Waals surface area contributed by atoms with Gasteiger partial charge in [-0.15, -0.1) is 0 Å². The van der Waals surface area contributed by atoms with E-state index in [4.69, 9.17) is 0 Å². The van der Waals surface area contributed by atoms with Crippen LogP contribution in [0.3, 0.4) is 0 Å². The Morgan fingerprint density at radius 2 is 1.59 bits per heavy atom. The molecule has 0 saturated heterocycles. The molecule has 0 spiro atoms. The molecule has 1 aliphatic carbocycles. The van der Waals surface area contributed by atoms with Crippen molar-refractivity contribution in [1.82, 2.24) is 0 Å². The molecule has 17 heavy (non-hydrogen) atoms. The summed E-state index contributed by atoms with van der Waals surface area (Å²) in [7, 11) is 0. The summed E-state index contributed by atoms with van der Waals surface area (Å²) in [6.45, 7) is 6.04. The van der Waals surface area contributed by atoms with Crippen LogP contribution in [0.25, 0.3) is 0 Å². The van der Waals surface area contributed by atoms with Crippen LogP contribution in [0.1, 0.15) is 31.4 Å². The van der Waals surface area contributed by atoms with Gasteiger partial charge >= 0.3 is 5.97 Å². The summed E-state index contributed by atoms with van der Waals surface area (Å²) in [5, 5.41) is 9.36. The van der Waals surface area contributed by atoms with Crippen molar-refractivity contribution in [2.24, 2.45) is 5.41 Å². The third-order valence-corrected chi connectivity index (χ3v) is 3.65. The number of carboxylic acid groups (broad SMARTS) is 1. The van der Waals surface area contributed by atoms with Gasteiger partial charge in [0, 0.05) is 39.0 Å². The molecule has 0 aromatic heterocycles. The van der Waals surface area contributed by atoms with Crippen LogP contribution in [-0.4, -0.2) is 11.1 Å². The Bertz CT molecular complexity index is 412. The Morgan fingerprint density at radius 3 is 1.88 bits per heavy atom. The van der Waals surface area contributed by atoms with E-state index in [0.717, 1.165) is 17.5 Å². The average Bonchev–Trinajstić information content (AvgIpc) is 2.72. The zero-order valence-electron chi connectivity index (χ0n) is 10.0. The maximum atomic E-state index is 11.4. The van der Waals surface area contributed by atoms with Crippen molar-refractivity contribution in [3.05, 3.63) is 35.4 Å². The first kappa shape index (κ1) is 16.9. The van der Waals surface area contributed by atoms with Crippen molar-refractivity contribution in [1.29, 1.82) is 0 Å². The topological polar surface area (TPSA) is 37.3 Å². The minimum atomic E-state index is -0.698. The second kappa shape index (κ2) is 5.29. The number of aliphatic carboxylic acids is 1. The van der Waals surface area contributed by atoms with E-state index < -0.39 is 11.4 Å². The molecule has 1 aromatic carbocycles. The Balaban J connectivity index is 0.00000128. The van der Waals surface area contributed by atoms with Gasteiger partial charge in [-0.25, -0.2) is 0 Å². The fourth-order valence-corrected chi connectivity index (χ4v) is 2.44. The van der Waals surface area contributed by atoms with Crippen molar-refractivity contribution in [3.8, 4) is 0 Å². The van der Waals surface area contributed by atoms with Crippen LogP contribution in [0.2, 0.25) is 0 Å². The summed E-state index contributed by atoms with van der Waals surface area (Å²) in [4.78, 5) is 11.4. The molecule has 0 aliphatic heterocycles. The third-order valence-electron chi connectivity index (χ3n) is 3.65. The standard InChI is InChI=1S/C13H16O2.2Rh/c1-9-4-6-10(7-5-9)13(11(14)15)8-12(13,2)3;;/h4-7H,8H2,1-3H3,(H,14,15);;. The van der Waals surface area contributed by atoms with Gasteiger partial charge in [0.1, 0.15) is 0 Å². The van der Waals surface area contributed by atoms with Crippen molar-refractivity contribution in [2.75, 3.05) is 0 Å². The summed E-state index contributed by atoms with van der Waals surface area (Å²) in [6.07, 6.45) is 0.735. The average molecular weight is 410 g/mol. The van der Waals surface area contributed by atoms with Crippen LogP contribution in [0.4, 0.5) is 0 Å². The molecule has 1 N–H and O–H groups in total. The van der Waals surface area contributed by atoms with E-state index >= 15 is 0 Å². The van der Waals surface area contributed by atoms with Gasteiger partial charge in [-0.3, -0.25) is 4.79 Å². The van der Waals surface area contributed by atoms with Gasteiger partial charge in [-0.2, -0.15) is 0 Å². The van der Waals surface area contributed by atoms with Crippen LogP contribution < -0.4 is 0 Å². The van der Waals surface area contributed by atoms with Gasteiger partial charge in [-0.1, -0.05) is 43.7 Å². The fraction of sp³-hybridized carbons (Fsp3) is 0.462. The third kappa shape index (κ3) is 2.54. The van der Waals surface area contributed by atoms with Gasteiger partial charge in [0.05, 0.1) is 5.41 Å². The molecule has 1 saturated carbocycles. The SMILES string of the molecule is Cc1ccc(C2(C(=O)O)CC2(C)C)cc1.[Rh].[Rh]. The van der Waals surface area contributed by atoms with Gasteiger partial charge in [0.15, 0.2) is 0 Å². The van der Waals surface area contributed by atoms with E-state index in [2.05, 4.69) is 0 Å². The Hall–Kier alpha value is -0.0632. The molecule has 1 atom stereocenters. The molecule has 0 bridgehead atoms. The molecule has 1 fully saturated rings. The fourth-order valence-electron chi connectivity index (χ4n) is 2.44. The number of carboxylic acids is 1. The van der Waals surface area contributed by atoms with Crippen LogP contribution in [-0.2, 0) is 49.2 Å². The first-order valence-electron chi connectivity index (χ1n) is 5.21. The second-order valence-corrected chi connectivity index (χ2v) is 5.14. The Kier molecular flexibility index (Phi) is 5.27. The van der Waals surface area contributed by atoms with Crippen LogP contribution in [0, 0.1) is 12.3 Å². The van der Waals surface area contributed by atoms with Crippen molar-refractivity contribution in [3.63, 3.8) is 0 Å². The number of rotatable bonds is 2. The first-order chi connectivity index (χ1) is 6.90. The van der Waals surface area contributed by atoms with E-state index in [1.54, 1.807) is 0 Å². The zero-order valence-corrected chi connectivity index (χ0v) is 13.3. The molecule has 2 rings (SSSR count). The smallest absolute Gasteiger partial charge is 0.314 e. The van der Waals surface area contributed by atoms with E-state index in [1.807, 2.05) is 45.0 Å². The van der Waals surface area contributed by atoms with Crippen LogP contribution in [0.15, 0.2) is 24.3 Å². The summed E-state index contributed by atoms with van der Waals surface area (Å²) >= 11 is 0. The van der Waals surface area contributed by atoms with E-state index in [-0.39, 0.29) is 44.4 Å². The van der Waals surface area contributed by atoms with Crippen LogP contribution in [0.5, 0.6) is 0 Å². The zero-order chi connectivity index (χ0) is 11.3. The second-order valence-electron chi connectivity index (χ2n) is 5.14. The normalized spacial score (nSPS) is 24.2. The van der Waals surface area contributed by atoms with Gasteiger partial charge in [0.25, 0.3) is 0 Å². The molecule has 98 valence electrons. The maximum Gasteiger partial charge on any atom is 0.314 e. The van der Waals surface area contributed by atoms with Crippen molar-refractivity contribution >= 4 is 5.97 Å². The number of benzene rings is 1. The van der Waals surface area contributed by atoms with Gasteiger partial charge in [-0.05, 0) is 24.3 Å². The largest absolute Gasteiger partial charge is 0.481 e. The number of hydrogen-bond donors (Lipinski definition) is 1. The van der Waals surface area contributed by atoms with E-state index in [1.165, 1.54) is 0 Å². The quantitative estimate of drug-likeness (QED) is 0.762. The summed E-state index contributed by atoms with van der Waals surface area (Å²) in [5.41, 5.74) is 1.33. The van der Waals surface area contributed by atoms with Crippen LogP contribution >= 0.6 is 0 Å². The molecule has 0 heterocycles. The molecule has 2 radical (unpaired) electrons. The monoisotopic (exact) mass is 410 g/mol. The molecule has 0 amide bonds. The van der Waals surface area contributed by atoms with Gasteiger partial charge in [0.2, 0.25) is 0 Å². The Labute approximate surface area is 128 Å². The van der Waals surface area contributed by atoms with Gasteiger partial charge < -0.3 is 5.11 Å².